The number of hydrogen-bond donors (Lipinski definition) is 0. The monoisotopic (exact) mass is 600 g/mol. The van der Waals surface area contributed by atoms with Gasteiger partial charge in [0.05, 0.1) is 5.52 Å². The van der Waals surface area contributed by atoms with Crippen LogP contribution in [0.1, 0.15) is 5.69 Å². The molecule has 8 aromatic rings. The highest BCUT2D eigenvalue weighted by molar-refractivity contribution is 6.14. The molecule has 0 radical (unpaired) electrons. The van der Waals surface area contributed by atoms with Gasteiger partial charge in [-0.2, -0.15) is 0 Å². The number of anilines is 3. The van der Waals surface area contributed by atoms with Gasteiger partial charge in [0.15, 0.2) is 0 Å². The van der Waals surface area contributed by atoms with Crippen molar-refractivity contribution >= 4 is 28.0 Å². The number of fused-ring (bicyclic) bond motifs is 5. The van der Waals surface area contributed by atoms with Crippen LogP contribution in [0.3, 0.4) is 0 Å². The SMILES string of the molecule is Cc1c2c3c(cccc3n1-c1ccc(-c3ccc(N(c4ccccc4)c4ccccc4)cc3)cc1)-c1ccccc1-c1ccccc1-2. The summed E-state index contributed by atoms with van der Waals surface area (Å²) in [6, 6.07) is 63.4. The van der Waals surface area contributed by atoms with E-state index in [1.165, 1.54) is 66.8 Å². The molecule has 0 unspecified atom stereocenters. The zero-order valence-electron chi connectivity index (χ0n) is 26.1. The third kappa shape index (κ3) is 4.41. The minimum Gasteiger partial charge on any atom is -0.313 e. The zero-order chi connectivity index (χ0) is 31.3. The molecule has 0 aliphatic heterocycles. The Morgan fingerprint density at radius 2 is 0.830 bits per heavy atom. The maximum atomic E-state index is 2.43. The Morgan fingerprint density at radius 3 is 1.43 bits per heavy atom. The summed E-state index contributed by atoms with van der Waals surface area (Å²) in [5.74, 6) is 0. The van der Waals surface area contributed by atoms with Crippen molar-refractivity contribution in [1.82, 2.24) is 4.57 Å². The molecule has 222 valence electrons. The highest BCUT2D eigenvalue weighted by atomic mass is 15.1. The molecule has 1 aliphatic carbocycles. The van der Waals surface area contributed by atoms with E-state index in [4.69, 9.17) is 0 Å². The summed E-state index contributed by atoms with van der Waals surface area (Å²) in [4.78, 5) is 2.30. The quantitative estimate of drug-likeness (QED) is 0.191. The fourth-order valence-electron chi connectivity index (χ4n) is 7.45. The number of hydrogen-bond acceptors (Lipinski definition) is 1. The van der Waals surface area contributed by atoms with Crippen molar-refractivity contribution in [1.29, 1.82) is 0 Å². The molecular weight excluding hydrogens is 569 g/mol. The van der Waals surface area contributed by atoms with Crippen LogP contribution < -0.4 is 4.90 Å². The van der Waals surface area contributed by atoms with Crippen LogP contribution in [0.4, 0.5) is 17.1 Å². The van der Waals surface area contributed by atoms with Gasteiger partial charge >= 0.3 is 0 Å². The van der Waals surface area contributed by atoms with Gasteiger partial charge in [-0.25, -0.2) is 0 Å². The fourth-order valence-corrected chi connectivity index (χ4v) is 7.45. The van der Waals surface area contributed by atoms with Crippen LogP contribution >= 0.6 is 0 Å². The second-order valence-corrected chi connectivity index (χ2v) is 12.2. The Morgan fingerprint density at radius 1 is 0.383 bits per heavy atom. The average molecular weight is 601 g/mol. The standard InChI is InChI=1S/C45H32N2/c1-31-44-41-20-11-10-18-39(41)38-17-8-9-19-40(38)42-21-12-22-43(45(42)44)46(31)36-27-23-32(24-28-36)33-25-29-37(30-26-33)47(34-13-4-2-5-14-34)35-15-6-3-7-16-35/h2-30H,1H3. The summed E-state index contributed by atoms with van der Waals surface area (Å²) in [7, 11) is 0. The molecule has 0 amide bonds. The van der Waals surface area contributed by atoms with Gasteiger partial charge in [-0.15, -0.1) is 0 Å². The molecule has 2 nitrogen and oxygen atoms in total. The largest absolute Gasteiger partial charge is 0.313 e. The molecule has 1 aromatic heterocycles. The lowest BCUT2D eigenvalue weighted by atomic mass is 9.94. The Hall–Kier alpha value is -6.12. The molecule has 0 saturated heterocycles. The van der Waals surface area contributed by atoms with E-state index < -0.39 is 0 Å². The maximum Gasteiger partial charge on any atom is 0.0544 e. The van der Waals surface area contributed by atoms with Crippen molar-refractivity contribution < 1.29 is 0 Å². The van der Waals surface area contributed by atoms with Gasteiger partial charge in [0.25, 0.3) is 0 Å². The average Bonchev–Trinajstić information content (AvgIpc) is 3.37. The first kappa shape index (κ1) is 27.2. The topological polar surface area (TPSA) is 8.17 Å². The lowest BCUT2D eigenvalue weighted by Gasteiger charge is -2.25. The molecule has 0 saturated carbocycles. The van der Waals surface area contributed by atoms with E-state index in [-0.39, 0.29) is 0 Å². The predicted octanol–water partition coefficient (Wildman–Crippen LogP) is 12.4. The summed E-state index contributed by atoms with van der Waals surface area (Å²) < 4.78 is 2.43. The maximum absolute atomic E-state index is 2.43. The van der Waals surface area contributed by atoms with Crippen molar-refractivity contribution in [2.45, 2.75) is 6.92 Å². The molecule has 0 atom stereocenters. The number of benzene rings is 7. The Kier molecular flexibility index (Phi) is 6.39. The summed E-state index contributed by atoms with van der Waals surface area (Å²) in [5.41, 5.74) is 17.2. The van der Waals surface area contributed by atoms with Gasteiger partial charge in [0, 0.05) is 39.4 Å². The minimum absolute atomic E-state index is 1.13. The van der Waals surface area contributed by atoms with E-state index in [2.05, 4.69) is 192 Å². The van der Waals surface area contributed by atoms with Gasteiger partial charge in [0.2, 0.25) is 0 Å². The first-order chi connectivity index (χ1) is 23.3. The van der Waals surface area contributed by atoms with Crippen LogP contribution in [0.25, 0.3) is 61.1 Å². The lowest BCUT2D eigenvalue weighted by molar-refractivity contribution is 1.06. The van der Waals surface area contributed by atoms with Crippen LogP contribution in [0.2, 0.25) is 0 Å². The van der Waals surface area contributed by atoms with Gasteiger partial charge in [-0.1, -0.05) is 121 Å². The van der Waals surface area contributed by atoms with E-state index in [0.717, 1.165) is 17.1 Å². The molecule has 9 rings (SSSR count). The van der Waals surface area contributed by atoms with Crippen LogP contribution in [0.15, 0.2) is 176 Å². The minimum atomic E-state index is 1.13. The van der Waals surface area contributed by atoms with Crippen LogP contribution in [-0.4, -0.2) is 4.57 Å². The predicted molar refractivity (Wildman–Crippen MR) is 198 cm³/mol. The second kappa shape index (κ2) is 11.0. The van der Waals surface area contributed by atoms with Crippen LogP contribution in [-0.2, 0) is 0 Å². The van der Waals surface area contributed by atoms with E-state index in [0.29, 0.717) is 0 Å². The van der Waals surface area contributed by atoms with E-state index in [9.17, 15) is 0 Å². The first-order valence-electron chi connectivity index (χ1n) is 16.2. The van der Waals surface area contributed by atoms with Crippen molar-refractivity contribution in [2.75, 3.05) is 4.90 Å². The van der Waals surface area contributed by atoms with Gasteiger partial charge in [-0.3, -0.25) is 0 Å². The number of para-hydroxylation sites is 2. The van der Waals surface area contributed by atoms with Gasteiger partial charge in [0.1, 0.15) is 0 Å². The van der Waals surface area contributed by atoms with Crippen molar-refractivity contribution in [3.8, 4) is 50.2 Å². The molecule has 2 heteroatoms. The number of nitrogens with zero attached hydrogens (tertiary/aromatic N) is 2. The van der Waals surface area contributed by atoms with E-state index >= 15 is 0 Å². The van der Waals surface area contributed by atoms with Crippen LogP contribution in [0, 0.1) is 6.92 Å². The van der Waals surface area contributed by atoms with Gasteiger partial charge < -0.3 is 9.47 Å². The third-order valence-corrected chi connectivity index (χ3v) is 9.55. The Bertz CT molecular complexity index is 2340. The van der Waals surface area contributed by atoms with E-state index in [1.807, 2.05) is 0 Å². The van der Waals surface area contributed by atoms with Crippen LogP contribution in [0.5, 0.6) is 0 Å². The summed E-state index contributed by atoms with van der Waals surface area (Å²) in [6.45, 7) is 2.27. The summed E-state index contributed by atoms with van der Waals surface area (Å²) >= 11 is 0. The molecule has 47 heavy (non-hydrogen) atoms. The molecular formula is C45H32N2. The normalized spacial score (nSPS) is 11.5. The Balaban J connectivity index is 1.12. The Labute approximate surface area is 275 Å². The highest BCUT2D eigenvalue weighted by Gasteiger charge is 2.26. The lowest BCUT2D eigenvalue weighted by Crippen LogP contribution is -2.09. The van der Waals surface area contributed by atoms with Gasteiger partial charge in [-0.05, 0) is 100 Å². The fraction of sp³-hybridized carbons (Fsp3) is 0.0222. The highest BCUT2D eigenvalue weighted by Crippen LogP contribution is 2.50. The summed E-state index contributed by atoms with van der Waals surface area (Å²) in [5, 5.41) is 1.32. The molecule has 7 aromatic carbocycles. The number of rotatable bonds is 5. The van der Waals surface area contributed by atoms with Crippen molar-refractivity contribution in [3.05, 3.63) is 182 Å². The smallest absolute Gasteiger partial charge is 0.0544 e. The molecule has 0 bridgehead atoms. The van der Waals surface area contributed by atoms with E-state index in [1.54, 1.807) is 0 Å². The third-order valence-electron chi connectivity index (χ3n) is 9.55. The summed E-state index contributed by atoms with van der Waals surface area (Å²) in [6.07, 6.45) is 0. The number of aromatic nitrogens is 1. The first-order valence-corrected chi connectivity index (χ1v) is 16.2. The zero-order valence-corrected chi connectivity index (χ0v) is 26.1. The van der Waals surface area contributed by atoms with Crippen molar-refractivity contribution in [3.63, 3.8) is 0 Å². The molecule has 0 N–H and O–H groups in total. The molecule has 1 aliphatic rings. The molecule has 0 fully saturated rings. The molecule has 0 spiro atoms. The molecule has 1 heterocycles. The van der Waals surface area contributed by atoms with Crippen molar-refractivity contribution in [2.24, 2.45) is 0 Å². The second-order valence-electron chi connectivity index (χ2n) is 12.2.